The highest BCUT2D eigenvalue weighted by atomic mass is 32.1. The molecule has 7 nitrogen and oxygen atoms in total. The van der Waals surface area contributed by atoms with Crippen molar-refractivity contribution < 1.29 is 14.3 Å². The molecule has 0 radical (unpaired) electrons. The average molecular weight is 320 g/mol. The van der Waals surface area contributed by atoms with E-state index in [-0.39, 0.29) is 23.8 Å². The maximum Gasteiger partial charge on any atom is 0.272 e. The Bertz CT molecular complexity index is 752. The second-order valence-electron chi connectivity index (χ2n) is 5.75. The molecule has 1 N–H and O–H groups in total. The summed E-state index contributed by atoms with van der Waals surface area (Å²) in [6.07, 6.45) is 1.86. The summed E-state index contributed by atoms with van der Waals surface area (Å²) < 4.78 is 7.32. The van der Waals surface area contributed by atoms with Crippen LogP contribution in [0.1, 0.15) is 16.2 Å². The van der Waals surface area contributed by atoms with Crippen LogP contribution in [-0.4, -0.2) is 58.4 Å². The van der Waals surface area contributed by atoms with Crippen molar-refractivity contribution in [3.05, 3.63) is 23.0 Å². The summed E-state index contributed by atoms with van der Waals surface area (Å²) in [5.74, 6) is -0.400. The predicted octanol–water partition coefficient (Wildman–Crippen LogP) is 0.291. The van der Waals surface area contributed by atoms with Gasteiger partial charge >= 0.3 is 0 Å². The topological polar surface area (TPSA) is 75.9 Å². The molecule has 0 unspecified atom stereocenters. The number of thiazole rings is 1. The highest BCUT2D eigenvalue weighted by molar-refractivity contribution is 7.15. The van der Waals surface area contributed by atoms with Crippen molar-refractivity contribution >= 4 is 28.1 Å². The summed E-state index contributed by atoms with van der Waals surface area (Å²) in [6, 6.07) is -0.143. The summed E-state index contributed by atoms with van der Waals surface area (Å²) in [6.45, 7) is 3.52. The fourth-order valence-corrected chi connectivity index (χ4v) is 3.86. The van der Waals surface area contributed by atoms with Gasteiger partial charge in [-0.25, -0.2) is 4.98 Å². The minimum absolute atomic E-state index is 0.0245. The number of rotatable bonds is 1. The summed E-state index contributed by atoms with van der Waals surface area (Å²) in [7, 11) is 0. The Labute approximate surface area is 130 Å². The minimum Gasteiger partial charge on any atom is -0.378 e. The first kappa shape index (κ1) is 13.7. The monoisotopic (exact) mass is 320 g/mol. The van der Waals surface area contributed by atoms with Gasteiger partial charge in [0.2, 0.25) is 5.91 Å². The molecule has 0 spiro atoms. The minimum atomic E-state index is -0.303. The number of imidazole rings is 1. The van der Waals surface area contributed by atoms with E-state index in [4.69, 9.17) is 4.74 Å². The first-order valence-corrected chi connectivity index (χ1v) is 8.11. The van der Waals surface area contributed by atoms with E-state index in [1.807, 2.05) is 22.9 Å². The van der Waals surface area contributed by atoms with Gasteiger partial charge in [0.1, 0.15) is 5.69 Å². The van der Waals surface area contributed by atoms with Gasteiger partial charge in [0, 0.05) is 24.7 Å². The molecule has 2 aliphatic heterocycles. The van der Waals surface area contributed by atoms with Crippen molar-refractivity contribution in [2.75, 3.05) is 26.3 Å². The molecular formula is C14H16N4O3S. The Hall–Kier alpha value is -1.93. The maximum atomic E-state index is 13.0. The third kappa shape index (κ3) is 2.10. The van der Waals surface area contributed by atoms with Gasteiger partial charge in [-0.2, -0.15) is 0 Å². The zero-order valence-electron chi connectivity index (χ0n) is 12.1. The summed E-state index contributed by atoms with van der Waals surface area (Å²) in [5.41, 5.74) is 1.31. The molecule has 2 atom stereocenters. The van der Waals surface area contributed by atoms with Crippen molar-refractivity contribution in [3.63, 3.8) is 0 Å². The van der Waals surface area contributed by atoms with E-state index in [0.29, 0.717) is 32.0 Å². The highest BCUT2D eigenvalue weighted by Gasteiger charge is 2.36. The SMILES string of the molecule is Cc1nc2sccn2c1C(=O)N1C[C@H]2COC[C@@H](C1)C(=O)N2. The van der Waals surface area contributed by atoms with E-state index in [1.54, 1.807) is 4.90 Å². The Balaban J connectivity index is 1.69. The predicted molar refractivity (Wildman–Crippen MR) is 79.9 cm³/mol. The second kappa shape index (κ2) is 5.06. The van der Waals surface area contributed by atoms with Crippen LogP contribution in [0.5, 0.6) is 0 Å². The zero-order valence-corrected chi connectivity index (χ0v) is 12.9. The molecule has 2 amide bonds. The van der Waals surface area contributed by atoms with Gasteiger partial charge in [-0.1, -0.05) is 0 Å². The van der Waals surface area contributed by atoms with Crippen LogP contribution in [0.15, 0.2) is 11.6 Å². The molecule has 8 heteroatoms. The number of hydrogen-bond donors (Lipinski definition) is 1. The fourth-order valence-electron chi connectivity index (χ4n) is 3.10. The number of nitrogens with zero attached hydrogens (tertiary/aromatic N) is 3. The standard InChI is InChI=1S/C14H16N4O3S/c1-8-11(18-2-3-22-14(18)15-8)13(20)17-4-9-6-21-7-10(5-17)16-12(9)19/h2-3,9-10H,4-7H2,1H3,(H,16,19)/t9-,10+/m1/s1. The third-order valence-electron chi connectivity index (χ3n) is 4.16. The van der Waals surface area contributed by atoms with E-state index in [9.17, 15) is 9.59 Å². The number of hydrogen-bond acceptors (Lipinski definition) is 5. The van der Waals surface area contributed by atoms with E-state index in [1.165, 1.54) is 11.3 Å². The number of aromatic nitrogens is 2. The smallest absolute Gasteiger partial charge is 0.272 e. The molecule has 2 saturated heterocycles. The number of amides is 2. The lowest BCUT2D eigenvalue weighted by Gasteiger charge is -2.27. The normalized spacial score (nSPS) is 25.1. The second-order valence-corrected chi connectivity index (χ2v) is 6.62. The van der Waals surface area contributed by atoms with Crippen molar-refractivity contribution in [1.29, 1.82) is 0 Å². The van der Waals surface area contributed by atoms with Crippen LogP contribution in [-0.2, 0) is 9.53 Å². The summed E-state index contributed by atoms with van der Waals surface area (Å²) in [4.78, 5) is 32.0. The third-order valence-corrected chi connectivity index (χ3v) is 4.92. The molecule has 22 heavy (non-hydrogen) atoms. The number of carbonyl (C=O) groups is 2. The van der Waals surface area contributed by atoms with Gasteiger partial charge in [-0.05, 0) is 6.92 Å². The van der Waals surface area contributed by atoms with Crippen molar-refractivity contribution in [2.24, 2.45) is 5.92 Å². The Kier molecular flexibility index (Phi) is 3.16. The van der Waals surface area contributed by atoms with Crippen molar-refractivity contribution in [3.8, 4) is 0 Å². The quantitative estimate of drug-likeness (QED) is 0.819. The van der Waals surface area contributed by atoms with Crippen molar-refractivity contribution in [2.45, 2.75) is 13.0 Å². The molecule has 4 heterocycles. The molecule has 0 saturated carbocycles. The molecule has 2 aromatic rings. The molecule has 0 aromatic carbocycles. The van der Waals surface area contributed by atoms with E-state index < -0.39 is 0 Å². The molecule has 2 aromatic heterocycles. The molecule has 2 aliphatic rings. The summed E-state index contributed by atoms with van der Waals surface area (Å²) >= 11 is 1.50. The summed E-state index contributed by atoms with van der Waals surface area (Å²) in [5, 5.41) is 4.85. The van der Waals surface area contributed by atoms with Crippen LogP contribution in [0.4, 0.5) is 0 Å². The van der Waals surface area contributed by atoms with Crippen LogP contribution in [0.3, 0.4) is 0 Å². The number of aryl methyl sites for hydroxylation is 1. The Morgan fingerprint density at radius 2 is 2.32 bits per heavy atom. The lowest BCUT2D eigenvalue weighted by atomic mass is 10.1. The number of ether oxygens (including phenoxy) is 1. The van der Waals surface area contributed by atoms with Crippen LogP contribution < -0.4 is 5.32 Å². The van der Waals surface area contributed by atoms with Crippen LogP contribution in [0.2, 0.25) is 0 Å². The van der Waals surface area contributed by atoms with Gasteiger partial charge in [-0.15, -0.1) is 11.3 Å². The van der Waals surface area contributed by atoms with Crippen molar-refractivity contribution in [1.82, 2.24) is 19.6 Å². The molecule has 4 rings (SSSR count). The molecule has 2 bridgehead atoms. The van der Waals surface area contributed by atoms with Gasteiger partial charge < -0.3 is 15.0 Å². The van der Waals surface area contributed by atoms with Gasteiger partial charge in [-0.3, -0.25) is 14.0 Å². The van der Waals surface area contributed by atoms with Gasteiger partial charge in [0.05, 0.1) is 30.9 Å². The number of fused-ring (bicyclic) bond motifs is 4. The highest BCUT2D eigenvalue weighted by Crippen LogP contribution is 2.21. The van der Waals surface area contributed by atoms with E-state index in [0.717, 1.165) is 10.7 Å². The Morgan fingerprint density at radius 1 is 1.45 bits per heavy atom. The van der Waals surface area contributed by atoms with Crippen LogP contribution in [0.25, 0.3) is 4.96 Å². The fraction of sp³-hybridized carbons (Fsp3) is 0.500. The Morgan fingerprint density at radius 3 is 3.18 bits per heavy atom. The number of nitrogens with one attached hydrogen (secondary N) is 1. The first-order valence-electron chi connectivity index (χ1n) is 7.23. The van der Waals surface area contributed by atoms with E-state index in [2.05, 4.69) is 10.3 Å². The maximum absolute atomic E-state index is 13.0. The van der Waals surface area contributed by atoms with Gasteiger partial charge in [0.25, 0.3) is 5.91 Å². The number of carbonyl (C=O) groups excluding carboxylic acids is 2. The first-order chi connectivity index (χ1) is 10.6. The zero-order chi connectivity index (χ0) is 15.3. The molecule has 0 aliphatic carbocycles. The lowest BCUT2D eigenvalue weighted by Crippen LogP contribution is -2.44. The van der Waals surface area contributed by atoms with E-state index >= 15 is 0 Å². The van der Waals surface area contributed by atoms with Crippen LogP contribution in [0, 0.1) is 12.8 Å². The largest absolute Gasteiger partial charge is 0.378 e. The lowest BCUT2D eigenvalue weighted by molar-refractivity contribution is -0.125. The molecule has 116 valence electrons. The molecular weight excluding hydrogens is 304 g/mol. The van der Waals surface area contributed by atoms with Crippen LogP contribution >= 0.6 is 11.3 Å². The average Bonchev–Trinajstić information content (AvgIpc) is 2.89. The van der Waals surface area contributed by atoms with Gasteiger partial charge in [0.15, 0.2) is 4.96 Å². The molecule has 2 fully saturated rings.